The predicted molar refractivity (Wildman–Crippen MR) is 145 cm³/mol. The van der Waals surface area contributed by atoms with Crippen molar-refractivity contribution in [3.63, 3.8) is 0 Å². The van der Waals surface area contributed by atoms with E-state index >= 15 is 0 Å². The van der Waals surface area contributed by atoms with Gasteiger partial charge in [-0.1, -0.05) is 58.0 Å². The summed E-state index contributed by atoms with van der Waals surface area (Å²) in [6.07, 6.45) is 13.3. The van der Waals surface area contributed by atoms with Crippen molar-refractivity contribution in [2.75, 3.05) is 0 Å². The van der Waals surface area contributed by atoms with Crippen LogP contribution in [0.15, 0.2) is 48.5 Å². The Morgan fingerprint density at radius 3 is 1.53 bits per heavy atom. The molecule has 32 heavy (non-hydrogen) atoms. The van der Waals surface area contributed by atoms with Gasteiger partial charge in [0.1, 0.15) is 0 Å². The van der Waals surface area contributed by atoms with Crippen molar-refractivity contribution in [1.82, 2.24) is 19.9 Å². The molecule has 0 amide bonds. The highest BCUT2D eigenvalue weighted by atomic mass is 79.9. The second-order valence-electron chi connectivity index (χ2n) is 7.79. The molecule has 3 aromatic heterocycles. The number of aromatic nitrogens is 4. The summed E-state index contributed by atoms with van der Waals surface area (Å²) >= 11 is 6.84. The highest BCUT2D eigenvalue weighted by Gasteiger charge is 2.02. The lowest BCUT2D eigenvalue weighted by molar-refractivity contribution is 0.701. The number of aromatic amines is 2. The van der Waals surface area contributed by atoms with E-state index in [0.717, 1.165) is 44.8 Å². The Hall–Kier alpha value is -2.44. The molecule has 0 atom stereocenters. The molecule has 0 fully saturated rings. The van der Waals surface area contributed by atoms with Crippen LogP contribution in [-0.2, 0) is 0 Å². The van der Waals surface area contributed by atoms with Crippen LogP contribution in [-0.4, -0.2) is 23.7 Å². The van der Waals surface area contributed by atoms with Crippen LogP contribution in [0.3, 0.4) is 0 Å². The summed E-state index contributed by atoms with van der Waals surface area (Å²) in [5, 5.41) is 0. The van der Waals surface area contributed by atoms with E-state index in [0.29, 0.717) is 3.74 Å². The maximum absolute atomic E-state index is 4.62. The van der Waals surface area contributed by atoms with Crippen molar-refractivity contribution in [1.29, 1.82) is 0 Å². The first-order valence-corrected chi connectivity index (χ1v) is 12.7. The number of fused-ring (bicyclic) bond motifs is 8. The number of rotatable bonds is 4. The van der Waals surface area contributed by atoms with Crippen molar-refractivity contribution in [3.05, 3.63) is 71.3 Å². The van der Waals surface area contributed by atoms with E-state index in [-0.39, 0.29) is 0 Å². The smallest absolute Gasteiger partial charge is 0.0697 e. The van der Waals surface area contributed by atoms with Crippen LogP contribution in [0.4, 0.5) is 0 Å². The lowest BCUT2D eigenvalue weighted by atomic mass is 10.2. The number of halogens is 2. The lowest BCUT2D eigenvalue weighted by Crippen LogP contribution is -1.83. The van der Waals surface area contributed by atoms with Gasteiger partial charge in [0, 0.05) is 22.1 Å². The normalized spacial score (nSPS) is 12.1. The minimum Gasteiger partial charge on any atom is -0.355 e. The Morgan fingerprint density at radius 2 is 1.09 bits per heavy atom. The predicted octanol–water partition coefficient (Wildman–Crippen LogP) is 8.34. The highest BCUT2D eigenvalue weighted by molar-refractivity contribution is 9.24. The summed E-state index contributed by atoms with van der Waals surface area (Å²) < 4.78 is 0.529. The first-order chi connectivity index (χ1) is 15.6. The summed E-state index contributed by atoms with van der Waals surface area (Å²) in [6.45, 7) is 2.22. The summed E-state index contributed by atoms with van der Waals surface area (Å²) in [7, 11) is 0. The molecular weight excluding hydrogens is 528 g/mol. The zero-order valence-corrected chi connectivity index (χ0v) is 21.2. The summed E-state index contributed by atoms with van der Waals surface area (Å²) in [5.74, 6) is 0. The van der Waals surface area contributed by atoms with Crippen molar-refractivity contribution < 1.29 is 0 Å². The van der Waals surface area contributed by atoms with Gasteiger partial charge in [0.25, 0.3) is 0 Å². The number of nitrogens with zero attached hydrogens (tertiary/aromatic N) is 2. The summed E-state index contributed by atoms with van der Waals surface area (Å²) in [5.41, 5.74) is 7.86. The molecule has 0 aromatic carbocycles. The zero-order valence-electron chi connectivity index (χ0n) is 18.0. The Balaban J connectivity index is 0.000000265. The number of hydrogen-bond donors (Lipinski definition) is 2. The molecule has 0 unspecified atom stereocenters. The molecule has 8 bridgehead atoms. The fourth-order valence-electron chi connectivity index (χ4n) is 3.49. The second kappa shape index (κ2) is 10.9. The molecule has 5 heterocycles. The Bertz CT molecular complexity index is 1190. The average Bonchev–Trinajstić information content (AvgIpc) is 3.54. The van der Waals surface area contributed by atoms with Gasteiger partial charge in [-0.2, -0.15) is 0 Å². The van der Waals surface area contributed by atoms with Crippen LogP contribution in [0.2, 0.25) is 0 Å². The van der Waals surface area contributed by atoms with Crippen LogP contribution < -0.4 is 0 Å². The van der Waals surface area contributed by atoms with Gasteiger partial charge in [0.05, 0.1) is 26.5 Å². The van der Waals surface area contributed by atoms with Crippen LogP contribution in [0.25, 0.3) is 46.4 Å². The van der Waals surface area contributed by atoms with E-state index < -0.39 is 0 Å². The van der Waals surface area contributed by atoms with Crippen LogP contribution in [0.5, 0.6) is 0 Å². The van der Waals surface area contributed by atoms with E-state index in [1.165, 1.54) is 25.7 Å². The molecule has 2 aliphatic heterocycles. The maximum Gasteiger partial charge on any atom is 0.0697 e. The first-order valence-electron chi connectivity index (χ1n) is 10.9. The van der Waals surface area contributed by atoms with Crippen LogP contribution in [0.1, 0.15) is 55.4 Å². The van der Waals surface area contributed by atoms with Gasteiger partial charge < -0.3 is 9.97 Å². The molecule has 0 spiro atoms. The number of alkyl halides is 2. The molecule has 0 radical (unpaired) electrons. The topological polar surface area (TPSA) is 57.4 Å². The molecular formula is C26H26Br2N4. The molecule has 164 valence electrons. The number of H-pyrrole nitrogens is 2. The van der Waals surface area contributed by atoms with Crippen LogP contribution in [0, 0.1) is 0 Å². The van der Waals surface area contributed by atoms with Gasteiger partial charge in [0.2, 0.25) is 0 Å². The van der Waals surface area contributed by atoms with E-state index in [9.17, 15) is 0 Å². The Kier molecular flexibility index (Phi) is 7.76. The molecule has 0 saturated heterocycles. The third-order valence-corrected chi connectivity index (χ3v) is 5.98. The molecule has 6 heteroatoms. The quantitative estimate of drug-likeness (QED) is 0.173. The average molecular weight is 554 g/mol. The Morgan fingerprint density at radius 1 is 0.656 bits per heavy atom. The molecule has 3 aromatic rings. The van der Waals surface area contributed by atoms with Gasteiger partial charge in [-0.05, 0) is 79.3 Å². The van der Waals surface area contributed by atoms with Crippen molar-refractivity contribution in [2.24, 2.45) is 0 Å². The fraction of sp³-hybridized carbons (Fsp3) is 0.231. The van der Waals surface area contributed by atoms with Crippen LogP contribution >= 0.6 is 31.9 Å². The first kappa shape index (κ1) is 22.7. The van der Waals surface area contributed by atoms with E-state index in [1.807, 2.05) is 42.5 Å². The molecule has 2 N–H and O–H groups in total. The molecule has 5 rings (SSSR count). The lowest BCUT2D eigenvalue weighted by Gasteiger charge is -1.97. The summed E-state index contributed by atoms with van der Waals surface area (Å²) in [6, 6.07) is 16.4. The SMILES string of the molecule is C1=Cc2cc3ccc(cc4ccc(cc5nc(cc1n2)C=C5)[nH]4)[nH]3.CCCCCC(Br)Br. The van der Waals surface area contributed by atoms with Crippen molar-refractivity contribution in [3.8, 4) is 0 Å². The minimum absolute atomic E-state index is 0.529. The number of unbranched alkanes of at least 4 members (excludes halogenated alkanes) is 2. The third kappa shape index (κ3) is 6.53. The molecule has 0 aliphatic carbocycles. The van der Waals surface area contributed by atoms with Crippen molar-refractivity contribution >= 4 is 78.2 Å². The zero-order chi connectivity index (χ0) is 22.3. The largest absolute Gasteiger partial charge is 0.355 e. The van der Waals surface area contributed by atoms with Gasteiger partial charge >= 0.3 is 0 Å². The second-order valence-corrected chi connectivity index (χ2v) is 11.2. The Labute approximate surface area is 205 Å². The van der Waals surface area contributed by atoms with E-state index in [1.54, 1.807) is 0 Å². The van der Waals surface area contributed by atoms with E-state index in [2.05, 4.69) is 89.1 Å². The molecule has 0 saturated carbocycles. The standard InChI is InChI=1S/C20H14N4.C6H12Br2/c1-2-14-10-16-5-6-18(23-16)12-20-8-7-19(24-20)11-17-4-3-15(22-17)9-13(1)21-14;1-2-3-4-5-6(7)8/h1-12,21-22H;6H,2-5H2,1H3. The monoisotopic (exact) mass is 552 g/mol. The van der Waals surface area contributed by atoms with Gasteiger partial charge in [-0.25, -0.2) is 9.97 Å². The molecule has 2 aliphatic rings. The highest BCUT2D eigenvalue weighted by Crippen LogP contribution is 2.17. The summed E-state index contributed by atoms with van der Waals surface area (Å²) in [4.78, 5) is 16.0. The van der Waals surface area contributed by atoms with Gasteiger partial charge in [-0.3, -0.25) is 0 Å². The maximum atomic E-state index is 4.62. The van der Waals surface area contributed by atoms with Crippen molar-refractivity contribution in [2.45, 2.75) is 36.3 Å². The number of hydrogen-bond acceptors (Lipinski definition) is 2. The van der Waals surface area contributed by atoms with E-state index in [4.69, 9.17) is 0 Å². The molecule has 4 nitrogen and oxygen atoms in total. The van der Waals surface area contributed by atoms with Gasteiger partial charge in [0.15, 0.2) is 0 Å². The van der Waals surface area contributed by atoms with Gasteiger partial charge in [-0.15, -0.1) is 0 Å². The minimum atomic E-state index is 0.529. The third-order valence-electron chi connectivity index (χ3n) is 5.07. The fourth-order valence-corrected chi connectivity index (χ4v) is 4.14. The number of nitrogens with one attached hydrogen (secondary N) is 2.